The highest BCUT2D eigenvalue weighted by atomic mass is 19.4. The largest absolute Gasteiger partial charge is 0.468 e. The van der Waals surface area contributed by atoms with E-state index in [9.17, 15) is 47.8 Å². The summed E-state index contributed by atoms with van der Waals surface area (Å²) >= 11 is 0. The van der Waals surface area contributed by atoms with Crippen molar-refractivity contribution in [2.45, 2.75) is 57.6 Å². The van der Waals surface area contributed by atoms with Gasteiger partial charge in [-0.2, -0.15) is 13.2 Å². The summed E-state index contributed by atoms with van der Waals surface area (Å²) in [5.74, 6) is -4.73. The van der Waals surface area contributed by atoms with Gasteiger partial charge >= 0.3 is 24.1 Å². The smallest absolute Gasteiger partial charge is 0.463 e. The molecule has 1 fully saturated rings. The lowest BCUT2D eigenvalue weighted by Gasteiger charge is -2.45. The van der Waals surface area contributed by atoms with Gasteiger partial charge in [-0.3, -0.25) is 34.6 Å². The lowest BCUT2D eigenvalue weighted by atomic mass is 9.95. The van der Waals surface area contributed by atoms with E-state index in [0.29, 0.717) is 6.07 Å². The molecule has 0 radical (unpaired) electrons. The molecule has 1 heterocycles. The van der Waals surface area contributed by atoms with Gasteiger partial charge in [-0.25, -0.2) is 4.99 Å². The maximum Gasteiger partial charge on any atom is 0.468 e. The number of nitrogens with zero attached hydrogens (tertiary/aromatic N) is 3. The number of benzene rings is 2. The van der Waals surface area contributed by atoms with Gasteiger partial charge in [0, 0.05) is 26.8 Å². The number of halogens is 3. The van der Waals surface area contributed by atoms with E-state index in [1.54, 1.807) is 0 Å². The lowest BCUT2D eigenvalue weighted by molar-refractivity contribution is -0.393. The summed E-state index contributed by atoms with van der Waals surface area (Å²) in [6.45, 7) is 2.15. The molecule has 16 nitrogen and oxygen atoms in total. The van der Waals surface area contributed by atoms with Crippen molar-refractivity contribution in [1.82, 2.24) is 0 Å². The SMILES string of the molecule is CC(=O)OC[C@H]1OC(OC(=Nc2ccccc2)C(F)(F)F)[C@H](Nc2ccc([N+](=O)[O-])cc2[N+](=O)[O-])[C@@H](OC(C)=O)[C@@H]1OC(C)=O. The summed E-state index contributed by atoms with van der Waals surface area (Å²) in [4.78, 5) is 60.4. The first-order valence-electron chi connectivity index (χ1n) is 12.8. The first kappa shape index (κ1) is 34.2. The molecule has 242 valence electrons. The zero-order valence-corrected chi connectivity index (χ0v) is 23.6. The Labute approximate surface area is 251 Å². The van der Waals surface area contributed by atoms with Crippen LogP contribution >= 0.6 is 0 Å². The summed E-state index contributed by atoms with van der Waals surface area (Å²) in [5.41, 5.74) is -2.28. The van der Waals surface area contributed by atoms with Crippen LogP contribution in [-0.2, 0) is 38.1 Å². The minimum absolute atomic E-state index is 0.193. The topological polar surface area (TPSA) is 208 Å². The molecular weight excluding hydrogens is 617 g/mol. The molecule has 1 aliphatic heterocycles. The number of nitro benzene ring substituents is 2. The fourth-order valence-corrected chi connectivity index (χ4v) is 4.13. The number of hydrogen-bond acceptors (Lipinski definition) is 14. The number of anilines is 1. The number of esters is 3. The van der Waals surface area contributed by atoms with Crippen LogP contribution in [0.25, 0.3) is 0 Å². The fourth-order valence-electron chi connectivity index (χ4n) is 4.13. The van der Waals surface area contributed by atoms with Crippen LogP contribution in [-0.4, -0.2) is 77.1 Å². The molecule has 2 aromatic rings. The van der Waals surface area contributed by atoms with Gasteiger partial charge in [0.25, 0.3) is 17.3 Å². The Morgan fingerprint density at radius 1 is 0.911 bits per heavy atom. The minimum Gasteiger partial charge on any atom is -0.463 e. The van der Waals surface area contributed by atoms with Crippen molar-refractivity contribution in [2.24, 2.45) is 4.99 Å². The number of aliphatic imine (C=N–C) groups is 1. The number of alkyl halides is 3. The molecular formula is C26H25F3N4O12. The molecule has 0 spiro atoms. The van der Waals surface area contributed by atoms with Crippen molar-refractivity contribution in [2.75, 3.05) is 11.9 Å². The number of carbonyl (C=O) groups excluding carboxylic acids is 3. The van der Waals surface area contributed by atoms with E-state index in [1.807, 2.05) is 0 Å². The summed E-state index contributed by atoms with van der Waals surface area (Å²) in [6.07, 6.45) is -12.5. The van der Waals surface area contributed by atoms with Crippen molar-refractivity contribution in [1.29, 1.82) is 0 Å². The van der Waals surface area contributed by atoms with E-state index >= 15 is 0 Å². The number of non-ortho nitro benzene ring substituents is 1. The zero-order valence-electron chi connectivity index (χ0n) is 23.6. The van der Waals surface area contributed by atoms with Crippen molar-refractivity contribution in [3.05, 3.63) is 68.8 Å². The third-order valence-electron chi connectivity index (χ3n) is 5.87. The number of ether oxygens (including phenoxy) is 5. The molecule has 0 saturated carbocycles. The van der Waals surface area contributed by atoms with Crippen LogP contribution in [0, 0.1) is 20.2 Å². The Morgan fingerprint density at radius 3 is 2.07 bits per heavy atom. The van der Waals surface area contributed by atoms with Gasteiger partial charge in [-0.1, -0.05) is 18.2 Å². The van der Waals surface area contributed by atoms with Crippen LogP contribution in [0.1, 0.15) is 20.8 Å². The molecule has 1 saturated heterocycles. The number of nitrogens with one attached hydrogen (secondary N) is 1. The average Bonchev–Trinajstić information content (AvgIpc) is 2.94. The Bertz CT molecular complexity index is 1470. The monoisotopic (exact) mass is 642 g/mol. The number of carbonyl (C=O) groups is 3. The van der Waals surface area contributed by atoms with Crippen LogP contribution in [0.5, 0.6) is 0 Å². The highest BCUT2D eigenvalue weighted by Gasteiger charge is 2.54. The average molecular weight is 642 g/mol. The summed E-state index contributed by atoms with van der Waals surface area (Å²) in [6, 6.07) is 7.25. The lowest BCUT2D eigenvalue weighted by Crippen LogP contribution is -2.64. The van der Waals surface area contributed by atoms with Gasteiger partial charge in [-0.05, 0) is 18.2 Å². The number of nitro groups is 2. The molecule has 1 aliphatic rings. The molecule has 1 unspecified atom stereocenters. The van der Waals surface area contributed by atoms with Gasteiger partial charge in [0.1, 0.15) is 24.4 Å². The molecule has 0 amide bonds. The molecule has 5 atom stereocenters. The highest BCUT2D eigenvalue weighted by molar-refractivity contribution is 5.84. The van der Waals surface area contributed by atoms with E-state index in [4.69, 9.17) is 23.7 Å². The number of para-hydroxylation sites is 1. The molecule has 1 N–H and O–H groups in total. The predicted molar refractivity (Wildman–Crippen MR) is 144 cm³/mol. The van der Waals surface area contributed by atoms with E-state index in [2.05, 4.69) is 10.3 Å². The van der Waals surface area contributed by atoms with Crippen molar-refractivity contribution < 1.29 is 61.1 Å². The Morgan fingerprint density at radius 2 is 1.53 bits per heavy atom. The molecule has 2 aromatic carbocycles. The van der Waals surface area contributed by atoms with Gasteiger partial charge in [-0.15, -0.1) is 0 Å². The van der Waals surface area contributed by atoms with Gasteiger partial charge in [0.2, 0.25) is 6.29 Å². The van der Waals surface area contributed by atoms with Crippen LogP contribution in [0.3, 0.4) is 0 Å². The van der Waals surface area contributed by atoms with Crippen molar-refractivity contribution in [3.63, 3.8) is 0 Å². The van der Waals surface area contributed by atoms with Gasteiger partial charge < -0.3 is 29.0 Å². The van der Waals surface area contributed by atoms with E-state index in [0.717, 1.165) is 32.9 Å². The van der Waals surface area contributed by atoms with Crippen LogP contribution < -0.4 is 5.32 Å². The minimum atomic E-state index is -5.25. The maximum atomic E-state index is 14.2. The van der Waals surface area contributed by atoms with Crippen LogP contribution in [0.4, 0.5) is 35.9 Å². The predicted octanol–water partition coefficient (Wildman–Crippen LogP) is 3.74. The summed E-state index contributed by atoms with van der Waals surface area (Å²) < 4.78 is 69.0. The molecule has 0 bridgehead atoms. The highest BCUT2D eigenvalue weighted by Crippen LogP contribution is 2.36. The fraction of sp³-hybridized carbons (Fsp3) is 0.385. The van der Waals surface area contributed by atoms with Crippen LogP contribution in [0.15, 0.2) is 53.5 Å². The molecule has 19 heteroatoms. The quantitative estimate of drug-likeness (QED) is 0.0979. The Balaban J connectivity index is 2.21. The summed E-state index contributed by atoms with van der Waals surface area (Å²) in [7, 11) is 0. The standard InChI is InChI=1S/C26H25F3N4O12/c1-13(34)41-12-20-22(42-14(2)35)23(43-15(3)36)21(31-18-10-9-17(32(37)38)11-19(18)33(39)40)24(44-20)45-25(26(27,28)29)30-16-7-5-4-6-8-16/h4-11,20-24,31H,12H2,1-3H3/t20-,21-,22-,23-,24?/m1/s1. The van der Waals surface area contributed by atoms with Crippen molar-refractivity contribution >= 4 is 46.6 Å². The zero-order chi connectivity index (χ0) is 33.5. The Kier molecular flexibility index (Phi) is 11.0. The van der Waals surface area contributed by atoms with E-state index < -0.39 is 94.1 Å². The van der Waals surface area contributed by atoms with Gasteiger partial charge in [0.05, 0.1) is 21.6 Å². The second-order valence-corrected chi connectivity index (χ2v) is 9.25. The van der Waals surface area contributed by atoms with E-state index in [1.165, 1.54) is 30.3 Å². The maximum absolute atomic E-state index is 14.2. The first-order valence-corrected chi connectivity index (χ1v) is 12.8. The third kappa shape index (κ3) is 9.33. The second-order valence-electron chi connectivity index (χ2n) is 9.25. The Hall–Kier alpha value is -5.33. The van der Waals surface area contributed by atoms with Crippen molar-refractivity contribution in [3.8, 4) is 0 Å². The van der Waals surface area contributed by atoms with E-state index in [-0.39, 0.29) is 5.69 Å². The van der Waals surface area contributed by atoms with Gasteiger partial charge in [0.15, 0.2) is 12.2 Å². The molecule has 45 heavy (non-hydrogen) atoms. The normalized spacial score (nSPS) is 21.6. The number of rotatable bonds is 10. The molecule has 0 aromatic heterocycles. The second kappa shape index (κ2) is 14.4. The third-order valence-corrected chi connectivity index (χ3v) is 5.87. The molecule has 0 aliphatic carbocycles. The first-order chi connectivity index (χ1) is 21.1. The summed E-state index contributed by atoms with van der Waals surface area (Å²) in [5, 5.41) is 25.5. The number of hydrogen-bond donors (Lipinski definition) is 1. The van der Waals surface area contributed by atoms with Crippen LogP contribution in [0.2, 0.25) is 0 Å². The molecule has 3 rings (SSSR count).